The van der Waals surface area contributed by atoms with E-state index in [1.165, 1.54) is 32.1 Å². The summed E-state index contributed by atoms with van der Waals surface area (Å²) in [7, 11) is 1.92. The molecule has 19 heavy (non-hydrogen) atoms. The number of likely N-dealkylation sites (N-methyl/N-ethyl adjacent to an activating group) is 1. The summed E-state index contributed by atoms with van der Waals surface area (Å²) in [5.41, 5.74) is 0.254. The third-order valence-electron chi connectivity index (χ3n) is 4.96. The van der Waals surface area contributed by atoms with Crippen molar-refractivity contribution in [2.24, 2.45) is 0 Å². The van der Waals surface area contributed by atoms with Crippen LogP contribution in [-0.4, -0.2) is 60.5 Å². The number of hydrogen-bond acceptors (Lipinski definition) is 3. The highest BCUT2D eigenvalue weighted by molar-refractivity contribution is 5.78. The second kappa shape index (κ2) is 6.23. The van der Waals surface area contributed by atoms with Crippen LogP contribution in [0.5, 0.6) is 0 Å². The van der Waals surface area contributed by atoms with E-state index >= 15 is 0 Å². The number of nitrogens with zero attached hydrogens (tertiary/aromatic N) is 2. The Morgan fingerprint density at radius 1 is 1.32 bits per heavy atom. The van der Waals surface area contributed by atoms with Crippen LogP contribution in [0.4, 0.5) is 0 Å². The van der Waals surface area contributed by atoms with E-state index in [0.717, 1.165) is 19.6 Å². The quantitative estimate of drug-likeness (QED) is 0.841. The predicted molar refractivity (Wildman–Crippen MR) is 78.2 cm³/mol. The van der Waals surface area contributed by atoms with Gasteiger partial charge in [0, 0.05) is 38.3 Å². The van der Waals surface area contributed by atoms with E-state index in [0.29, 0.717) is 6.54 Å². The van der Waals surface area contributed by atoms with Gasteiger partial charge in [-0.25, -0.2) is 0 Å². The minimum absolute atomic E-state index is 0.254. The van der Waals surface area contributed by atoms with Crippen molar-refractivity contribution in [3.63, 3.8) is 0 Å². The molecule has 4 nitrogen and oxygen atoms in total. The molecule has 2 fully saturated rings. The van der Waals surface area contributed by atoms with Crippen molar-refractivity contribution >= 4 is 5.91 Å². The van der Waals surface area contributed by atoms with Gasteiger partial charge in [0.1, 0.15) is 0 Å². The fraction of sp³-hybridized carbons (Fsp3) is 0.933. The fourth-order valence-electron chi connectivity index (χ4n) is 3.40. The molecule has 1 saturated carbocycles. The van der Waals surface area contributed by atoms with Crippen molar-refractivity contribution in [2.45, 2.75) is 57.5 Å². The number of rotatable bonds is 3. The largest absolute Gasteiger partial charge is 0.342 e. The van der Waals surface area contributed by atoms with Gasteiger partial charge in [-0.3, -0.25) is 9.69 Å². The Hall–Kier alpha value is -0.610. The third kappa shape index (κ3) is 3.29. The summed E-state index contributed by atoms with van der Waals surface area (Å²) in [5, 5.41) is 3.53. The van der Waals surface area contributed by atoms with Gasteiger partial charge >= 0.3 is 0 Å². The molecule has 1 heterocycles. The first-order valence-electron chi connectivity index (χ1n) is 7.77. The number of carbonyl (C=O) groups excluding carboxylic acids is 1. The Balaban J connectivity index is 2.01. The summed E-state index contributed by atoms with van der Waals surface area (Å²) < 4.78 is 0. The maximum Gasteiger partial charge on any atom is 0.236 e. The highest BCUT2D eigenvalue weighted by atomic mass is 16.2. The maximum absolute atomic E-state index is 12.3. The predicted octanol–water partition coefficient (Wildman–Crippen LogP) is 1.46. The van der Waals surface area contributed by atoms with Gasteiger partial charge in [-0.15, -0.1) is 0 Å². The van der Waals surface area contributed by atoms with E-state index in [1.807, 2.05) is 11.9 Å². The zero-order valence-electron chi connectivity index (χ0n) is 12.7. The van der Waals surface area contributed by atoms with Crippen molar-refractivity contribution in [1.82, 2.24) is 15.1 Å². The molecular weight excluding hydrogens is 238 g/mol. The van der Waals surface area contributed by atoms with Crippen molar-refractivity contribution < 1.29 is 4.79 Å². The second-order valence-corrected chi connectivity index (χ2v) is 6.48. The molecule has 1 aliphatic carbocycles. The van der Waals surface area contributed by atoms with Crippen LogP contribution in [0, 0.1) is 0 Å². The fourth-order valence-corrected chi connectivity index (χ4v) is 3.40. The summed E-state index contributed by atoms with van der Waals surface area (Å²) in [5.74, 6) is 0.266. The molecule has 0 aromatic heterocycles. The molecule has 1 aliphatic heterocycles. The van der Waals surface area contributed by atoms with Crippen LogP contribution in [0.3, 0.4) is 0 Å². The van der Waals surface area contributed by atoms with Crippen LogP contribution >= 0.6 is 0 Å². The van der Waals surface area contributed by atoms with E-state index in [1.54, 1.807) is 0 Å². The average Bonchev–Trinajstić information content (AvgIpc) is 2.41. The Labute approximate surface area is 117 Å². The zero-order chi connectivity index (χ0) is 13.9. The van der Waals surface area contributed by atoms with E-state index in [-0.39, 0.29) is 17.5 Å². The SMILES string of the molecule is CC(C)N(C)C(=O)CN1CCNCC12CCCCC2. The van der Waals surface area contributed by atoms with E-state index in [2.05, 4.69) is 24.1 Å². The van der Waals surface area contributed by atoms with Gasteiger partial charge in [-0.05, 0) is 26.7 Å². The lowest BCUT2D eigenvalue weighted by atomic mass is 9.79. The van der Waals surface area contributed by atoms with Crippen molar-refractivity contribution in [1.29, 1.82) is 0 Å². The van der Waals surface area contributed by atoms with Crippen LogP contribution in [-0.2, 0) is 4.79 Å². The Morgan fingerprint density at radius 2 is 2.00 bits per heavy atom. The Bertz CT molecular complexity index is 302. The molecule has 2 aliphatic rings. The van der Waals surface area contributed by atoms with E-state index in [4.69, 9.17) is 0 Å². The van der Waals surface area contributed by atoms with Gasteiger partial charge in [0.05, 0.1) is 6.54 Å². The van der Waals surface area contributed by atoms with E-state index < -0.39 is 0 Å². The van der Waals surface area contributed by atoms with Crippen molar-refractivity contribution in [3.05, 3.63) is 0 Å². The standard InChI is InChI=1S/C15H29N3O/c1-13(2)17(3)14(19)11-18-10-9-16-12-15(18)7-5-4-6-8-15/h13,16H,4-12H2,1-3H3. The molecular formula is C15H29N3O. The van der Waals surface area contributed by atoms with Crippen molar-refractivity contribution in [2.75, 3.05) is 33.2 Å². The average molecular weight is 267 g/mol. The minimum atomic E-state index is 0.254. The highest BCUT2D eigenvalue weighted by Gasteiger charge is 2.40. The molecule has 2 rings (SSSR count). The molecule has 0 bridgehead atoms. The molecule has 0 radical (unpaired) electrons. The molecule has 1 spiro atoms. The van der Waals surface area contributed by atoms with Crippen LogP contribution in [0.1, 0.15) is 46.0 Å². The highest BCUT2D eigenvalue weighted by Crippen LogP contribution is 2.34. The number of nitrogens with one attached hydrogen (secondary N) is 1. The third-order valence-corrected chi connectivity index (χ3v) is 4.96. The van der Waals surface area contributed by atoms with Gasteiger partial charge in [0.15, 0.2) is 0 Å². The van der Waals surface area contributed by atoms with Crippen LogP contribution in [0.15, 0.2) is 0 Å². The first-order chi connectivity index (χ1) is 9.05. The van der Waals surface area contributed by atoms with Crippen LogP contribution in [0.25, 0.3) is 0 Å². The van der Waals surface area contributed by atoms with Gasteiger partial charge in [0.25, 0.3) is 0 Å². The molecule has 1 N–H and O–H groups in total. The summed E-state index contributed by atoms with van der Waals surface area (Å²) >= 11 is 0. The summed E-state index contributed by atoms with van der Waals surface area (Å²) in [6.07, 6.45) is 6.48. The lowest BCUT2D eigenvalue weighted by molar-refractivity contribution is -0.135. The lowest BCUT2D eigenvalue weighted by Crippen LogP contribution is -2.63. The summed E-state index contributed by atoms with van der Waals surface area (Å²) in [6, 6.07) is 0.290. The number of carbonyl (C=O) groups is 1. The molecule has 1 amide bonds. The maximum atomic E-state index is 12.3. The molecule has 0 aromatic carbocycles. The summed E-state index contributed by atoms with van der Waals surface area (Å²) in [6.45, 7) is 7.83. The Kier molecular flexibility index (Phi) is 4.85. The second-order valence-electron chi connectivity index (χ2n) is 6.48. The van der Waals surface area contributed by atoms with Crippen LogP contribution in [0.2, 0.25) is 0 Å². The van der Waals surface area contributed by atoms with E-state index in [9.17, 15) is 4.79 Å². The van der Waals surface area contributed by atoms with Gasteiger partial charge < -0.3 is 10.2 Å². The van der Waals surface area contributed by atoms with Gasteiger partial charge in [-0.1, -0.05) is 19.3 Å². The smallest absolute Gasteiger partial charge is 0.236 e. The molecule has 110 valence electrons. The normalized spacial score (nSPS) is 23.8. The van der Waals surface area contributed by atoms with Crippen molar-refractivity contribution in [3.8, 4) is 0 Å². The summed E-state index contributed by atoms with van der Waals surface area (Å²) in [4.78, 5) is 16.7. The monoisotopic (exact) mass is 267 g/mol. The molecule has 1 saturated heterocycles. The number of amides is 1. The first-order valence-corrected chi connectivity index (χ1v) is 7.77. The zero-order valence-corrected chi connectivity index (χ0v) is 12.7. The first kappa shape index (κ1) is 14.8. The topological polar surface area (TPSA) is 35.6 Å². The molecule has 0 unspecified atom stereocenters. The lowest BCUT2D eigenvalue weighted by Gasteiger charge is -2.50. The number of hydrogen-bond donors (Lipinski definition) is 1. The minimum Gasteiger partial charge on any atom is -0.342 e. The molecule has 0 atom stereocenters. The van der Waals surface area contributed by atoms with Gasteiger partial charge in [0.2, 0.25) is 5.91 Å². The van der Waals surface area contributed by atoms with Gasteiger partial charge in [-0.2, -0.15) is 0 Å². The molecule has 4 heteroatoms. The van der Waals surface area contributed by atoms with Crippen LogP contribution < -0.4 is 5.32 Å². The molecule has 0 aromatic rings. The Morgan fingerprint density at radius 3 is 2.63 bits per heavy atom. The number of piperazine rings is 1.